The zero-order valence-electron chi connectivity index (χ0n) is 27.6. The molecule has 0 aromatic heterocycles. The standard InChI is InChI=1S/C31H41N5O15/c37-23(3-1-2-4-31(50)51-36-24(38)9-10-25(36)39)32-21-7-5-20(6-8-21)13-22(35(18-29(46)47)19-30(48)49)14-33(15-26(40)41)11-12-34(16-27(42)43)17-28(44)45/h5-8,22H,1-4,9-19H2,(H,32,37)(H,40,41)(H,42,43)(H,44,45)(H,46,47)(H,48,49)/t22-/m0/s1. The molecule has 1 aliphatic rings. The van der Waals surface area contributed by atoms with Crippen molar-refractivity contribution in [1.29, 1.82) is 0 Å². The highest BCUT2D eigenvalue weighted by molar-refractivity contribution is 6.01. The SMILES string of the molecule is O=C(O)CN(CCN(CC(=O)O)C[C@H](Cc1ccc(NC(=O)CCCCC(=O)ON2C(=O)CCC2=O)cc1)N(CC(=O)O)CC(=O)O)CC(=O)O. The number of imide groups is 1. The van der Waals surface area contributed by atoms with Crippen LogP contribution in [0.1, 0.15) is 44.1 Å². The average Bonchev–Trinajstić information content (AvgIpc) is 3.33. The number of unbranched alkanes of at least 4 members (excludes halogenated alkanes) is 1. The van der Waals surface area contributed by atoms with E-state index in [0.717, 1.165) is 9.80 Å². The molecule has 0 saturated carbocycles. The summed E-state index contributed by atoms with van der Waals surface area (Å²) in [6.45, 7) is -3.77. The lowest BCUT2D eigenvalue weighted by Gasteiger charge is -2.34. The van der Waals surface area contributed by atoms with Crippen LogP contribution in [0.3, 0.4) is 0 Å². The first-order valence-corrected chi connectivity index (χ1v) is 15.8. The molecular formula is C31H41N5O15. The summed E-state index contributed by atoms with van der Waals surface area (Å²) in [7, 11) is 0. The molecule has 20 heteroatoms. The molecule has 2 rings (SSSR count). The van der Waals surface area contributed by atoms with E-state index in [0.29, 0.717) is 22.7 Å². The fourth-order valence-electron chi connectivity index (χ4n) is 5.15. The number of carbonyl (C=O) groups excluding carboxylic acids is 4. The molecule has 6 N–H and O–H groups in total. The largest absolute Gasteiger partial charge is 0.480 e. The van der Waals surface area contributed by atoms with Crippen molar-refractivity contribution in [3.63, 3.8) is 0 Å². The summed E-state index contributed by atoms with van der Waals surface area (Å²) in [6.07, 6.45) is 0.443. The molecule has 20 nitrogen and oxygen atoms in total. The smallest absolute Gasteiger partial charge is 0.333 e. The third kappa shape index (κ3) is 16.7. The molecule has 0 aliphatic carbocycles. The molecule has 280 valence electrons. The van der Waals surface area contributed by atoms with Crippen molar-refractivity contribution in [3.05, 3.63) is 29.8 Å². The van der Waals surface area contributed by atoms with E-state index in [-0.39, 0.29) is 64.1 Å². The molecule has 0 spiro atoms. The van der Waals surface area contributed by atoms with Crippen LogP contribution in [0.5, 0.6) is 0 Å². The summed E-state index contributed by atoms with van der Waals surface area (Å²) in [6, 6.07) is 5.41. The molecule has 1 aromatic carbocycles. The van der Waals surface area contributed by atoms with Gasteiger partial charge in [0.2, 0.25) is 5.91 Å². The van der Waals surface area contributed by atoms with Crippen molar-refractivity contribution < 1.29 is 73.5 Å². The van der Waals surface area contributed by atoms with Gasteiger partial charge >= 0.3 is 35.8 Å². The Morgan fingerprint density at radius 3 is 1.67 bits per heavy atom. The van der Waals surface area contributed by atoms with E-state index < -0.39 is 86.4 Å². The number of hydrogen-bond donors (Lipinski definition) is 6. The first-order valence-electron chi connectivity index (χ1n) is 15.8. The quantitative estimate of drug-likeness (QED) is 0.0523. The van der Waals surface area contributed by atoms with Gasteiger partial charge in [-0.05, 0) is 37.0 Å². The van der Waals surface area contributed by atoms with Crippen molar-refractivity contribution in [2.45, 2.75) is 51.0 Å². The van der Waals surface area contributed by atoms with Crippen LogP contribution < -0.4 is 5.32 Å². The summed E-state index contributed by atoms with van der Waals surface area (Å²) in [5.41, 5.74) is 0.962. The second-order valence-electron chi connectivity index (χ2n) is 11.7. The molecule has 1 fully saturated rings. The van der Waals surface area contributed by atoms with Gasteiger partial charge in [0.25, 0.3) is 11.8 Å². The van der Waals surface area contributed by atoms with E-state index in [1.165, 1.54) is 4.90 Å². The lowest BCUT2D eigenvalue weighted by molar-refractivity contribution is -0.197. The average molecular weight is 724 g/mol. The number of carboxylic acids is 5. The Hall–Kier alpha value is -5.47. The van der Waals surface area contributed by atoms with Crippen LogP contribution in [0, 0.1) is 0 Å². The van der Waals surface area contributed by atoms with Crippen molar-refractivity contribution in [2.24, 2.45) is 0 Å². The number of carboxylic acid groups (broad SMARTS) is 5. The van der Waals surface area contributed by atoms with Gasteiger partial charge in [-0.15, -0.1) is 5.06 Å². The van der Waals surface area contributed by atoms with Crippen LogP contribution in [0.4, 0.5) is 5.69 Å². The Kier molecular flexibility index (Phi) is 17.1. The monoisotopic (exact) mass is 723 g/mol. The number of amides is 3. The van der Waals surface area contributed by atoms with Crippen LogP contribution in [-0.2, 0) is 54.4 Å². The Bertz CT molecular complexity index is 1400. The Balaban J connectivity index is 2.07. The predicted molar refractivity (Wildman–Crippen MR) is 171 cm³/mol. The first-order chi connectivity index (χ1) is 24.0. The molecular weight excluding hydrogens is 682 g/mol. The maximum atomic E-state index is 12.5. The third-order valence-electron chi connectivity index (χ3n) is 7.41. The van der Waals surface area contributed by atoms with E-state index in [9.17, 15) is 58.5 Å². The summed E-state index contributed by atoms with van der Waals surface area (Å²) in [4.78, 5) is 113. The number of aliphatic carboxylic acids is 5. The minimum Gasteiger partial charge on any atom is -0.480 e. The Morgan fingerprint density at radius 2 is 1.16 bits per heavy atom. The zero-order chi connectivity index (χ0) is 38.1. The summed E-state index contributed by atoms with van der Waals surface area (Å²) >= 11 is 0. The van der Waals surface area contributed by atoms with Gasteiger partial charge in [0, 0.05) is 57.0 Å². The van der Waals surface area contributed by atoms with Gasteiger partial charge < -0.3 is 35.7 Å². The molecule has 1 aliphatic heterocycles. The van der Waals surface area contributed by atoms with Gasteiger partial charge in [0.05, 0.1) is 32.7 Å². The molecule has 1 atom stereocenters. The number of rotatable bonds is 25. The number of nitrogens with zero attached hydrogens (tertiary/aromatic N) is 4. The molecule has 0 unspecified atom stereocenters. The fraction of sp³-hybridized carbons (Fsp3) is 0.516. The van der Waals surface area contributed by atoms with Gasteiger partial charge in [-0.2, -0.15) is 0 Å². The van der Waals surface area contributed by atoms with Gasteiger partial charge in [-0.25, -0.2) is 4.79 Å². The molecule has 1 aromatic rings. The van der Waals surface area contributed by atoms with Crippen LogP contribution >= 0.6 is 0 Å². The molecule has 1 heterocycles. The lowest BCUT2D eigenvalue weighted by atomic mass is 10.0. The number of hydroxylamine groups is 2. The number of benzene rings is 1. The van der Waals surface area contributed by atoms with Crippen LogP contribution in [-0.4, -0.2) is 157 Å². The summed E-state index contributed by atoms with van der Waals surface area (Å²) in [5.74, 6) is -8.91. The Morgan fingerprint density at radius 1 is 0.686 bits per heavy atom. The van der Waals surface area contributed by atoms with Gasteiger partial charge in [-0.1, -0.05) is 12.1 Å². The Labute approximate surface area is 291 Å². The topological polar surface area (TPSA) is 289 Å². The van der Waals surface area contributed by atoms with Crippen molar-refractivity contribution in [3.8, 4) is 0 Å². The molecule has 1 saturated heterocycles. The number of anilines is 1. The van der Waals surface area contributed by atoms with Crippen LogP contribution in [0.25, 0.3) is 0 Å². The normalized spacial score (nSPS) is 13.4. The van der Waals surface area contributed by atoms with E-state index in [1.54, 1.807) is 24.3 Å². The maximum absolute atomic E-state index is 12.5. The van der Waals surface area contributed by atoms with E-state index >= 15 is 0 Å². The van der Waals surface area contributed by atoms with Crippen molar-refractivity contribution in [1.82, 2.24) is 19.8 Å². The fourth-order valence-corrected chi connectivity index (χ4v) is 5.15. The van der Waals surface area contributed by atoms with Crippen molar-refractivity contribution in [2.75, 3.05) is 57.7 Å². The molecule has 3 amide bonds. The molecule has 51 heavy (non-hydrogen) atoms. The highest BCUT2D eigenvalue weighted by atomic mass is 16.7. The van der Waals surface area contributed by atoms with E-state index in [2.05, 4.69) is 5.32 Å². The molecule has 0 radical (unpaired) electrons. The summed E-state index contributed by atoms with van der Waals surface area (Å²) < 4.78 is 0. The minimum atomic E-state index is -1.34. The first kappa shape index (κ1) is 41.7. The number of nitrogens with one attached hydrogen (secondary N) is 1. The van der Waals surface area contributed by atoms with E-state index in [1.807, 2.05) is 0 Å². The number of carbonyl (C=O) groups is 9. The zero-order valence-corrected chi connectivity index (χ0v) is 27.6. The molecule has 0 bridgehead atoms. The predicted octanol–water partition coefficient (Wildman–Crippen LogP) is -0.967. The highest BCUT2D eigenvalue weighted by Gasteiger charge is 2.32. The maximum Gasteiger partial charge on any atom is 0.333 e. The van der Waals surface area contributed by atoms with E-state index in [4.69, 9.17) is 15.1 Å². The second-order valence-corrected chi connectivity index (χ2v) is 11.7. The third-order valence-corrected chi connectivity index (χ3v) is 7.41. The van der Waals surface area contributed by atoms with Gasteiger partial charge in [-0.3, -0.25) is 53.1 Å². The van der Waals surface area contributed by atoms with Crippen LogP contribution in [0.15, 0.2) is 24.3 Å². The van der Waals surface area contributed by atoms with Crippen molar-refractivity contribution >= 4 is 59.2 Å². The minimum absolute atomic E-state index is 0.0265. The van der Waals surface area contributed by atoms with Gasteiger partial charge in [0.15, 0.2) is 0 Å². The second kappa shape index (κ2) is 20.9. The summed E-state index contributed by atoms with van der Waals surface area (Å²) in [5, 5.41) is 49.9. The van der Waals surface area contributed by atoms with Gasteiger partial charge in [0.1, 0.15) is 0 Å². The highest BCUT2D eigenvalue weighted by Crippen LogP contribution is 2.17. The lowest BCUT2D eigenvalue weighted by Crippen LogP contribution is -2.51. The van der Waals surface area contributed by atoms with Crippen LogP contribution in [0.2, 0.25) is 0 Å². The number of hydrogen-bond acceptors (Lipinski definition) is 13.